The molecule has 212 valence electrons. The number of para-hydroxylation sites is 2. The lowest BCUT2D eigenvalue weighted by Crippen LogP contribution is -2.13. The van der Waals surface area contributed by atoms with E-state index in [9.17, 15) is 0 Å². The number of nitrogens with zero attached hydrogens (tertiary/aromatic N) is 3. The van der Waals surface area contributed by atoms with Gasteiger partial charge >= 0.3 is 0 Å². The molecule has 10 rings (SSSR count). The van der Waals surface area contributed by atoms with Gasteiger partial charge in [0.1, 0.15) is 0 Å². The molecule has 4 heteroatoms. The Balaban J connectivity index is 1.35. The van der Waals surface area contributed by atoms with Crippen molar-refractivity contribution in [3.8, 4) is 28.3 Å². The van der Waals surface area contributed by atoms with E-state index in [0.29, 0.717) is 5.95 Å². The first-order valence-electron chi connectivity index (χ1n) is 15.4. The maximum atomic E-state index is 5.46. The molecule has 3 nitrogen and oxygen atoms in total. The maximum absolute atomic E-state index is 5.46. The summed E-state index contributed by atoms with van der Waals surface area (Å²) in [6.45, 7) is 4.73. The molecule has 0 N–H and O–H groups in total. The van der Waals surface area contributed by atoms with Crippen LogP contribution in [0.1, 0.15) is 24.3 Å². The molecule has 0 aliphatic heterocycles. The molecule has 0 saturated carbocycles. The molecule has 1 aliphatic carbocycles. The van der Waals surface area contributed by atoms with Gasteiger partial charge in [-0.15, -0.1) is 11.3 Å². The third kappa shape index (κ3) is 3.29. The highest BCUT2D eigenvalue weighted by Gasteiger charge is 2.39. The van der Waals surface area contributed by atoms with Crippen LogP contribution in [-0.4, -0.2) is 14.5 Å². The fourth-order valence-corrected chi connectivity index (χ4v) is 9.16. The summed E-state index contributed by atoms with van der Waals surface area (Å²) in [5.41, 5.74) is 9.39. The van der Waals surface area contributed by atoms with E-state index in [1.165, 1.54) is 58.7 Å². The van der Waals surface area contributed by atoms with Crippen molar-refractivity contribution >= 4 is 64.9 Å². The van der Waals surface area contributed by atoms with Gasteiger partial charge in [-0.3, -0.25) is 4.57 Å². The molecule has 45 heavy (non-hydrogen) atoms. The molecule has 9 aromatic rings. The normalized spacial score (nSPS) is 13.7. The lowest BCUT2D eigenvalue weighted by molar-refractivity contribution is 0.674. The highest BCUT2D eigenvalue weighted by atomic mass is 32.1. The third-order valence-corrected chi connectivity index (χ3v) is 11.3. The monoisotopic (exact) mass is 593 g/mol. The highest BCUT2D eigenvalue weighted by molar-refractivity contribution is 7.21. The first-order valence-corrected chi connectivity index (χ1v) is 16.3. The molecule has 3 aromatic heterocycles. The molecule has 0 saturated heterocycles. The van der Waals surface area contributed by atoms with Gasteiger partial charge in [0.25, 0.3) is 0 Å². The quantitative estimate of drug-likeness (QED) is 0.200. The van der Waals surface area contributed by atoms with Gasteiger partial charge in [0.15, 0.2) is 0 Å². The molecule has 0 spiro atoms. The van der Waals surface area contributed by atoms with E-state index in [2.05, 4.69) is 146 Å². The number of fused-ring (bicyclic) bond motifs is 11. The van der Waals surface area contributed by atoms with Gasteiger partial charge in [-0.1, -0.05) is 129 Å². The lowest BCUT2D eigenvalue weighted by atomic mass is 9.87. The number of hydrogen-bond donors (Lipinski definition) is 0. The van der Waals surface area contributed by atoms with Gasteiger partial charge < -0.3 is 0 Å². The molecule has 0 atom stereocenters. The topological polar surface area (TPSA) is 30.7 Å². The summed E-state index contributed by atoms with van der Waals surface area (Å²) >= 11 is 1.93. The Morgan fingerprint density at radius 1 is 0.578 bits per heavy atom. The van der Waals surface area contributed by atoms with Crippen LogP contribution >= 0.6 is 11.3 Å². The number of thiophene rings is 1. The van der Waals surface area contributed by atoms with Crippen molar-refractivity contribution in [3.05, 3.63) is 138 Å². The molecule has 0 fully saturated rings. The Hall–Kier alpha value is -5.32. The minimum absolute atomic E-state index is 0.0558. The Bertz CT molecular complexity index is 2690. The van der Waals surface area contributed by atoms with Crippen LogP contribution in [0.2, 0.25) is 0 Å². The van der Waals surface area contributed by atoms with E-state index in [0.717, 1.165) is 27.7 Å². The van der Waals surface area contributed by atoms with Crippen LogP contribution in [0.5, 0.6) is 0 Å². The first-order chi connectivity index (χ1) is 22.1. The van der Waals surface area contributed by atoms with Crippen molar-refractivity contribution in [2.24, 2.45) is 0 Å². The lowest BCUT2D eigenvalue weighted by Gasteiger charge is -2.19. The zero-order chi connectivity index (χ0) is 29.9. The van der Waals surface area contributed by atoms with Crippen molar-refractivity contribution in [1.82, 2.24) is 14.5 Å². The van der Waals surface area contributed by atoms with Gasteiger partial charge in [-0.25, -0.2) is 9.97 Å². The predicted octanol–water partition coefficient (Wildman–Crippen LogP) is 11.1. The molecule has 6 aromatic carbocycles. The Morgan fingerprint density at radius 2 is 1.27 bits per heavy atom. The number of aromatic nitrogens is 3. The van der Waals surface area contributed by atoms with Crippen molar-refractivity contribution in [1.29, 1.82) is 0 Å². The van der Waals surface area contributed by atoms with Crippen molar-refractivity contribution in [3.63, 3.8) is 0 Å². The van der Waals surface area contributed by atoms with Crippen LogP contribution in [0.4, 0.5) is 0 Å². The smallest absolute Gasteiger partial charge is 0.235 e. The fourth-order valence-electron chi connectivity index (χ4n) is 7.69. The number of hydrogen-bond acceptors (Lipinski definition) is 3. The zero-order valence-electron chi connectivity index (χ0n) is 24.9. The fraction of sp³-hybridized carbons (Fsp3) is 0.0732. The molecule has 1 aliphatic rings. The molecular weight excluding hydrogens is 567 g/mol. The average molecular weight is 594 g/mol. The molecular formula is C41H27N3S. The predicted molar refractivity (Wildman–Crippen MR) is 190 cm³/mol. The Labute approximate surface area is 264 Å². The number of benzene rings is 6. The van der Waals surface area contributed by atoms with Gasteiger partial charge in [0.2, 0.25) is 5.95 Å². The average Bonchev–Trinajstić information content (AvgIpc) is 3.71. The van der Waals surface area contributed by atoms with Crippen LogP contribution < -0.4 is 0 Å². The van der Waals surface area contributed by atoms with Gasteiger partial charge in [-0.05, 0) is 34.0 Å². The summed E-state index contributed by atoms with van der Waals surface area (Å²) < 4.78 is 3.61. The molecule has 0 bridgehead atoms. The summed E-state index contributed by atoms with van der Waals surface area (Å²) in [5, 5.41) is 7.19. The summed E-state index contributed by atoms with van der Waals surface area (Å²) in [7, 11) is 0. The largest absolute Gasteiger partial charge is 0.276 e. The first kappa shape index (κ1) is 25.1. The standard InChI is InChI=1S/C41H27N3S/c1-41(2)32-19-8-5-16-29(32)35-31-23-22-28-26-15-7-10-21-34(26)44(37(28)38(31)45-39(35)41)40-42-33-20-9-6-17-30(33)36(43-40)27-18-11-13-24-12-3-4-14-25(24)27/h3-23H,1-2H3. The molecule has 0 radical (unpaired) electrons. The van der Waals surface area contributed by atoms with E-state index in [-0.39, 0.29) is 5.41 Å². The molecule has 3 heterocycles. The van der Waals surface area contributed by atoms with Crippen molar-refractivity contribution < 1.29 is 0 Å². The van der Waals surface area contributed by atoms with Crippen LogP contribution in [0.3, 0.4) is 0 Å². The van der Waals surface area contributed by atoms with Crippen molar-refractivity contribution in [2.75, 3.05) is 0 Å². The van der Waals surface area contributed by atoms with E-state index < -0.39 is 0 Å². The van der Waals surface area contributed by atoms with Gasteiger partial charge in [0.05, 0.1) is 26.9 Å². The second-order valence-electron chi connectivity index (χ2n) is 12.6. The zero-order valence-corrected chi connectivity index (χ0v) is 25.7. The highest BCUT2D eigenvalue weighted by Crippen LogP contribution is 2.56. The van der Waals surface area contributed by atoms with E-state index in [1.807, 2.05) is 11.3 Å². The second-order valence-corrected chi connectivity index (χ2v) is 13.6. The van der Waals surface area contributed by atoms with E-state index in [4.69, 9.17) is 9.97 Å². The molecule has 0 unspecified atom stereocenters. The van der Waals surface area contributed by atoms with Gasteiger partial charge in [-0.2, -0.15) is 0 Å². The van der Waals surface area contributed by atoms with Crippen LogP contribution in [0, 0.1) is 0 Å². The summed E-state index contributed by atoms with van der Waals surface area (Å²) in [6, 6.07) is 45.7. The minimum atomic E-state index is -0.0558. The Kier molecular flexibility index (Phi) is 4.94. The SMILES string of the molecule is CC1(C)c2ccccc2-c2c1sc1c2ccc2c3ccccc3n(-c3nc(-c4cccc5ccccc45)c4ccccc4n3)c21. The van der Waals surface area contributed by atoms with Crippen LogP contribution in [-0.2, 0) is 5.41 Å². The van der Waals surface area contributed by atoms with E-state index >= 15 is 0 Å². The third-order valence-electron chi connectivity index (χ3n) is 9.76. The maximum Gasteiger partial charge on any atom is 0.235 e. The summed E-state index contributed by atoms with van der Waals surface area (Å²) in [4.78, 5) is 12.2. The summed E-state index contributed by atoms with van der Waals surface area (Å²) in [5.74, 6) is 0.698. The van der Waals surface area contributed by atoms with Crippen molar-refractivity contribution in [2.45, 2.75) is 19.3 Å². The molecule has 0 amide bonds. The minimum Gasteiger partial charge on any atom is -0.276 e. The van der Waals surface area contributed by atoms with E-state index in [1.54, 1.807) is 0 Å². The summed E-state index contributed by atoms with van der Waals surface area (Å²) in [6.07, 6.45) is 0. The number of rotatable bonds is 2. The van der Waals surface area contributed by atoms with Crippen LogP contribution in [0.25, 0.3) is 81.9 Å². The van der Waals surface area contributed by atoms with Gasteiger partial charge in [0, 0.05) is 43.0 Å². The second kappa shape index (κ2) is 8.87. The Morgan fingerprint density at radius 3 is 2.18 bits per heavy atom. The van der Waals surface area contributed by atoms with Crippen LogP contribution in [0.15, 0.2) is 127 Å².